The van der Waals surface area contributed by atoms with E-state index in [0.717, 1.165) is 32.5 Å². The second kappa shape index (κ2) is 5.55. The lowest BCUT2D eigenvalue weighted by molar-refractivity contribution is 0.0722. The summed E-state index contributed by atoms with van der Waals surface area (Å²) in [6.07, 6.45) is 3.13. The second-order valence-electron chi connectivity index (χ2n) is 3.51. The summed E-state index contributed by atoms with van der Waals surface area (Å²) in [4.78, 5) is 2.18. The van der Waals surface area contributed by atoms with Crippen LogP contribution >= 0.6 is 0 Å². The van der Waals surface area contributed by atoms with Crippen molar-refractivity contribution in [2.75, 3.05) is 26.4 Å². The van der Waals surface area contributed by atoms with Crippen molar-refractivity contribution in [3.8, 4) is 0 Å². The standard InChI is InChI=1S/C10H19FNO/c1-3-13-10-4-6-12(7-5-10)9(2)8-11/h9H,3-8H2,1-2H3. The Labute approximate surface area is 80.1 Å². The van der Waals surface area contributed by atoms with E-state index in [1.165, 1.54) is 6.10 Å². The molecule has 0 amide bonds. The Hall–Kier alpha value is -0.150. The van der Waals surface area contributed by atoms with E-state index in [9.17, 15) is 4.39 Å². The first-order valence-corrected chi connectivity index (χ1v) is 5.05. The third-order valence-electron chi connectivity index (χ3n) is 2.55. The lowest BCUT2D eigenvalue weighted by Gasteiger charge is -2.34. The van der Waals surface area contributed by atoms with Crippen LogP contribution in [0.5, 0.6) is 0 Å². The minimum absolute atomic E-state index is 0.0724. The molecule has 0 aromatic carbocycles. The Kier molecular flexibility index (Phi) is 4.67. The minimum Gasteiger partial charge on any atom is -0.372 e. The van der Waals surface area contributed by atoms with Gasteiger partial charge in [-0.2, -0.15) is 0 Å². The molecule has 0 spiro atoms. The van der Waals surface area contributed by atoms with Crippen molar-refractivity contribution in [1.82, 2.24) is 4.90 Å². The smallest absolute Gasteiger partial charge is 0.105 e. The highest BCUT2D eigenvalue weighted by atomic mass is 19.1. The van der Waals surface area contributed by atoms with Gasteiger partial charge in [-0.1, -0.05) is 0 Å². The summed E-state index contributed by atoms with van der Waals surface area (Å²) in [5, 5.41) is 0. The maximum absolute atomic E-state index is 12.3. The number of halogens is 1. The average molecular weight is 188 g/mol. The summed E-state index contributed by atoms with van der Waals surface area (Å²) < 4.78 is 17.8. The zero-order valence-electron chi connectivity index (χ0n) is 8.55. The van der Waals surface area contributed by atoms with Crippen LogP contribution in [-0.2, 0) is 4.74 Å². The number of nitrogens with zero attached hydrogens (tertiary/aromatic N) is 1. The number of likely N-dealkylation sites (tertiary alicyclic amines) is 1. The second-order valence-corrected chi connectivity index (χ2v) is 3.51. The van der Waals surface area contributed by atoms with Crippen LogP contribution < -0.4 is 0 Å². The Morgan fingerprint density at radius 2 is 2.08 bits per heavy atom. The van der Waals surface area contributed by atoms with Gasteiger partial charge < -0.3 is 4.74 Å². The summed E-state index contributed by atoms with van der Waals surface area (Å²) in [5.74, 6) is 0. The molecule has 1 atom stereocenters. The van der Waals surface area contributed by atoms with Crippen molar-refractivity contribution >= 4 is 0 Å². The van der Waals surface area contributed by atoms with Crippen LogP contribution in [0.2, 0.25) is 0 Å². The van der Waals surface area contributed by atoms with Gasteiger partial charge in [-0.3, -0.25) is 4.90 Å². The molecular formula is C10H19FNO. The van der Waals surface area contributed by atoms with E-state index in [1.54, 1.807) is 0 Å². The van der Waals surface area contributed by atoms with E-state index >= 15 is 0 Å². The van der Waals surface area contributed by atoms with Crippen molar-refractivity contribution in [1.29, 1.82) is 0 Å². The predicted molar refractivity (Wildman–Crippen MR) is 51.1 cm³/mol. The van der Waals surface area contributed by atoms with Gasteiger partial charge in [0, 0.05) is 25.7 Å². The number of ether oxygens (including phenoxy) is 1. The van der Waals surface area contributed by atoms with Crippen LogP contribution in [0.25, 0.3) is 0 Å². The van der Waals surface area contributed by atoms with Crippen molar-refractivity contribution in [2.45, 2.75) is 32.7 Å². The summed E-state index contributed by atoms with van der Waals surface area (Å²) in [7, 11) is 0. The Balaban J connectivity index is 2.22. The number of piperidine rings is 1. The maximum Gasteiger partial charge on any atom is 0.105 e. The first-order chi connectivity index (χ1) is 6.27. The Morgan fingerprint density at radius 3 is 2.54 bits per heavy atom. The highest BCUT2D eigenvalue weighted by Gasteiger charge is 2.23. The van der Waals surface area contributed by atoms with Crippen molar-refractivity contribution < 1.29 is 9.13 Å². The predicted octanol–water partition coefficient (Wildman–Crippen LogP) is 2.01. The fraction of sp³-hybridized carbons (Fsp3) is 0.900. The van der Waals surface area contributed by atoms with Crippen molar-refractivity contribution in [2.24, 2.45) is 0 Å². The van der Waals surface area contributed by atoms with Gasteiger partial charge in [-0.25, -0.2) is 4.39 Å². The topological polar surface area (TPSA) is 12.5 Å². The lowest BCUT2D eigenvalue weighted by atomic mass is 10.1. The molecule has 0 N–H and O–H groups in total. The molecule has 1 fully saturated rings. The SMILES string of the molecule is CCO[C]1CCN(C(C)CF)CC1. The van der Waals surface area contributed by atoms with Gasteiger partial charge in [-0.15, -0.1) is 0 Å². The fourth-order valence-corrected chi connectivity index (χ4v) is 1.66. The zero-order valence-corrected chi connectivity index (χ0v) is 8.55. The molecule has 0 aromatic rings. The van der Waals surface area contributed by atoms with Crippen LogP contribution in [-0.4, -0.2) is 37.3 Å². The number of rotatable bonds is 4. The van der Waals surface area contributed by atoms with Crippen LogP contribution in [0.4, 0.5) is 4.39 Å². The zero-order chi connectivity index (χ0) is 9.68. The number of hydrogen-bond acceptors (Lipinski definition) is 2. The lowest BCUT2D eigenvalue weighted by Crippen LogP contribution is -2.40. The van der Waals surface area contributed by atoms with Crippen LogP contribution in [0, 0.1) is 6.10 Å². The number of alkyl halides is 1. The molecule has 0 aliphatic carbocycles. The molecule has 0 aromatic heterocycles. The normalized spacial score (nSPS) is 23.3. The van der Waals surface area contributed by atoms with Gasteiger partial charge >= 0.3 is 0 Å². The monoisotopic (exact) mass is 188 g/mol. The molecule has 0 bridgehead atoms. The molecule has 1 radical (unpaired) electrons. The molecule has 0 saturated carbocycles. The molecule has 1 aliphatic heterocycles. The summed E-state index contributed by atoms with van der Waals surface area (Å²) in [6.45, 7) is 6.34. The van der Waals surface area contributed by atoms with E-state index < -0.39 is 0 Å². The molecule has 1 heterocycles. The van der Waals surface area contributed by atoms with Crippen LogP contribution in [0.15, 0.2) is 0 Å². The van der Waals surface area contributed by atoms with Gasteiger partial charge in [0.2, 0.25) is 0 Å². The van der Waals surface area contributed by atoms with Crippen LogP contribution in [0.1, 0.15) is 26.7 Å². The van der Waals surface area contributed by atoms with Crippen molar-refractivity contribution in [3.63, 3.8) is 0 Å². The van der Waals surface area contributed by atoms with Gasteiger partial charge in [0.1, 0.15) is 6.67 Å². The molecule has 1 unspecified atom stereocenters. The number of hydrogen-bond donors (Lipinski definition) is 0. The third kappa shape index (κ3) is 3.24. The molecule has 1 aliphatic rings. The average Bonchev–Trinajstić information content (AvgIpc) is 2.18. The van der Waals surface area contributed by atoms with E-state index in [4.69, 9.17) is 4.74 Å². The third-order valence-corrected chi connectivity index (χ3v) is 2.55. The van der Waals surface area contributed by atoms with E-state index in [-0.39, 0.29) is 12.7 Å². The Morgan fingerprint density at radius 1 is 1.46 bits per heavy atom. The molecule has 1 saturated heterocycles. The highest BCUT2D eigenvalue weighted by Crippen LogP contribution is 2.21. The molecule has 2 nitrogen and oxygen atoms in total. The van der Waals surface area contributed by atoms with E-state index in [0.29, 0.717) is 0 Å². The first-order valence-electron chi connectivity index (χ1n) is 5.05. The van der Waals surface area contributed by atoms with E-state index in [2.05, 4.69) is 4.90 Å². The van der Waals surface area contributed by atoms with Crippen molar-refractivity contribution in [3.05, 3.63) is 6.10 Å². The van der Waals surface area contributed by atoms with Gasteiger partial charge in [0.25, 0.3) is 0 Å². The first kappa shape index (κ1) is 10.9. The molecule has 3 heteroatoms. The summed E-state index contributed by atoms with van der Waals surface area (Å²) in [5.41, 5.74) is 0. The van der Waals surface area contributed by atoms with Gasteiger partial charge in [-0.05, 0) is 26.7 Å². The summed E-state index contributed by atoms with van der Waals surface area (Å²) >= 11 is 0. The van der Waals surface area contributed by atoms with Gasteiger partial charge in [0.15, 0.2) is 0 Å². The molecular weight excluding hydrogens is 169 g/mol. The van der Waals surface area contributed by atoms with Crippen LogP contribution in [0.3, 0.4) is 0 Å². The maximum atomic E-state index is 12.3. The molecule has 1 rings (SSSR count). The molecule has 13 heavy (non-hydrogen) atoms. The van der Waals surface area contributed by atoms with Gasteiger partial charge in [0.05, 0.1) is 6.10 Å². The minimum atomic E-state index is -0.246. The highest BCUT2D eigenvalue weighted by molar-refractivity contribution is 4.87. The Bertz CT molecular complexity index is 135. The van der Waals surface area contributed by atoms with E-state index in [1.807, 2.05) is 13.8 Å². The molecule has 77 valence electrons. The largest absolute Gasteiger partial charge is 0.372 e. The fourth-order valence-electron chi connectivity index (χ4n) is 1.66. The summed E-state index contributed by atoms with van der Waals surface area (Å²) in [6, 6.07) is 0.0724. The quantitative estimate of drug-likeness (QED) is 0.669.